The molecule has 2 N–H and O–H groups in total. The lowest BCUT2D eigenvalue weighted by Crippen LogP contribution is -2.56. The molecule has 8 heteroatoms. The number of aromatic amines is 1. The van der Waals surface area contributed by atoms with Crippen LogP contribution in [0.3, 0.4) is 0 Å². The summed E-state index contributed by atoms with van der Waals surface area (Å²) in [4.78, 5) is 29.0. The van der Waals surface area contributed by atoms with E-state index in [1.807, 2.05) is 37.4 Å². The summed E-state index contributed by atoms with van der Waals surface area (Å²) in [7, 11) is 1.78. The molecule has 2 aromatic rings. The highest BCUT2D eigenvalue weighted by atomic mass is 16.5. The maximum atomic E-state index is 12.8. The minimum absolute atomic E-state index is 0.0429. The average molecular weight is 399 g/mol. The Bertz CT molecular complexity index is 808. The van der Waals surface area contributed by atoms with Crippen molar-refractivity contribution in [2.45, 2.75) is 32.4 Å². The molecule has 1 aliphatic rings. The maximum absolute atomic E-state index is 12.8. The van der Waals surface area contributed by atoms with Crippen molar-refractivity contribution >= 4 is 11.8 Å². The third-order valence-corrected chi connectivity index (χ3v) is 5.17. The normalized spacial score (nSPS) is 17.0. The Morgan fingerprint density at radius 3 is 2.97 bits per heavy atom. The summed E-state index contributed by atoms with van der Waals surface area (Å²) in [5.41, 5.74) is 2.07. The Hall–Kier alpha value is -2.87. The Balaban J connectivity index is 1.63. The number of piperazine rings is 1. The number of amides is 2. The fraction of sp³-hybridized carbons (Fsp3) is 0.476. The van der Waals surface area contributed by atoms with Crippen LogP contribution in [-0.2, 0) is 22.6 Å². The van der Waals surface area contributed by atoms with Gasteiger partial charge in [-0.05, 0) is 25.0 Å². The van der Waals surface area contributed by atoms with Crippen LogP contribution in [-0.4, -0.2) is 71.1 Å². The molecule has 2 heterocycles. The van der Waals surface area contributed by atoms with E-state index in [0.29, 0.717) is 32.8 Å². The van der Waals surface area contributed by atoms with E-state index in [2.05, 4.69) is 20.4 Å². The Labute approximate surface area is 171 Å². The second kappa shape index (κ2) is 10.1. The summed E-state index contributed by atoms with van der Waals surface area (Å²) >= 11 is 0. The van der Waals surface area contributed by atoms with Gasteiger partial charge in [0.2, 0.25) is 11.8 Å². The largest absolute Gasteiger partial charge is 0.494 e. The Morgan fingerprint density at radius 2 is 2.21 bits per heavy atom. The predicted molar refractivity (Wildman–Crippen MR) is 109 cm³/mol. The van der Waals surface area contributed by atoms with Crippen LogP contribution in [0.1, 0.15) is 24.5 Å². The number of hydrogen-bond donors (Lipinski definition) is 2. The Morgan fingerprint density at radius 1 is 1.38 bits per heavy atom. The number of nitrogens with zero attached hydrogens (tertiary/aromatic N) is 3. The molecule has 8 nitrogen and oxygen atoms in total. The second-order valence-electron chi connectivity index (χ2n) is 7.19. The number of para-hydroxylation sites is 1. The fourth-order valence-electron chi connectivity index (χ4n) is 3.48. The van der Waals surface area contributed by atoms with Crippen LogP contribution in [0.15, 0.2) is 36.7 Å². The van der Waals surface area contributed by atoms with Crippen molar-refractivity contribution in [3.63, 3.8) is 0 Å². The van der Waals surface area contributed by atoms with Crippen LogP contribution < -0.4 is 10.1 Å². The number of aromatic nitrogens is 2. The second-order valence-corrected chi connectivity index (χ2v) is 7.19. The molecule has 2 amide bonds. The topological polar surface area (TPSA) is 90.6 Å². The number of carbonyl (C=O) groups is 2. The molecule has 1 atom stereocenters. The van der Waals surface area contributed by atoms with Gasteiger partial charge in [-0.25, -0.2) is 0 Å². The number of hydrogen-bond acceptors (Lipinski definition) is 5. The van der Waals surface area contributed by atoms with Crippen LogP contribution in [0, 0.1) is 0 Å². The molecule has 3 rings (SSSR count). The molecule has 29 heavy (non-hydrogen) atoms. The first-order valence-corrected chi connectivity index (χ1v) is 10.0. The SMILES string of the molecule is CCOc1ccccc1CN1CCNC(=O)C1CC(=O)N(C)CCc1cn[nH]c1. The molecular weight excluding hydrogens is 370 g/mol. The average Bonchev–Trinajstić information content (AvgIpc) is 3.24. The van der Waals surface area contributed by atoms with Crippen LogP contribution in [0.25, 0.3) is 0 Å². The number of nitrogens with one attached hydrogen (secondary N) is 2. The molecule has 1 aromatic carbocycles. The van der Waals surface area contributed by atoms with Crippen LogP contribution in [0.2, 0.25) is 0 Å². The summed E-state index contributed by atoms with van der Waals surface area (Å²) in [6.45, 7) is 4.96. The fourth-order valence-corrected chi connectivity index (χ4v) is 3.48. The summed E-state index contributed by atoms with van der Waals surface area (Å²) in [6, 6.07) is 7.36. The van der Waals surface area contributed by atoms with Crippen molar-refractivity contribution in [3.8, 4) is 5.75 Å². The van der Waals surface area contributed by atoms with Crippen molar-refractivity contribution in [2.24, 2.45) is 0 Å². The molecule has 1 aromatic heterocycles. The minimum atomic E-state index is -0.484. The van der Waals surface area contributed by atoms with Gasteiger partial charge < -0.3 is 15.0 Å². The number of ether oxygens (including phenoxy) is 1. The molecule has 1 fully saturated rings. The van der Waals surface area contributed by atoms with Gasteiger partial charge in [-0.15, -0.1) is 0 Å². The lowest BCUT2D eigenvalue weighted by Gasteiger charge is -2.35. The van der Waals surface area contributed by atoms with E-state index in [1.54, 1.807) is 18.1 Å². The molecule has 0 radical (unpaired) electrons. The van der Waals surface area contributed by atoms with Crippen molar-refractivity contribution in [1.82, 2.24) is 25.3 Å². The first kappa shape index (κ1) is 20.9. The smallest absolute Gasteiger partial charge is 0.237 e. The van der Waals surface area contributed by atoms with Gasteiger partial charge in [0.25, 0.3) is 0 Å². The number of rotatable bonds is 9. The van der Waals surface area contributed by atoms with E-state index in [9.17, 15) is 9.59 Å². The summed E-state index contributed by atoms with van der Waals surface area (Å²) < 4.78 is 5.72. The van der Waals surface area contributed by atoms with Crippen molar-refractivity contribution < 1.29 is 14.3 Å². The molecule has 0 spiro atoms. The van der Waals surface area contributed by atoms with Crippen molar-refractivity contribution in [2.75, 3.05) is 33.3 Å². The zero-order chi connectivity index (χ0) is 20.6. The molecule has 1 saturated heterocycles. The summed E-state index contributed by atoms with van der Waals surface area (Å²) in [5.74, 6) is 0.684. The lowest BCUT2D eigenvalue weighted by atomic mass is 10.1. The van der Waals surface area contributed by atoms with Gasteiger partial charge in [0, 0.05) is 45.0 Å². The highest BCUT2D eigenvalue weighted by Gasteiger charge is 2.32. The zero-order valence-electron chi connectivity index (χ0n) is 17.1. The van der Waals surface area contributed by atoms with E-state index < -0.39 is 6.04 Å². The van der Waals surface area contributed by atoms with E-state index in [-0.39, 0.29) is 18.2 Å². The van der Waals surface area contributed by atoms with Crippen LogP contribution in [0.5, 0.6) is 5.75 Å². The monoisotopic (exact) mass is 399 g/mol. The number of benzene rings is 1. The van der Waals surface area contributed by atoms with Crippen molar-refractivity contribution in [1.29, 1.82) is 0 Å². The van der Waals surface area contributed by atoms with E-state index in [4.69, 9.17) is 4.74 Å². The van der Waals surface area contributed by atoms with E-state index >= 15 is 0 Å². The molecular formula is C21H29N5O3. The number of H-pyrrole nitrogens is 1. The van der Waals surface area contributed by atoms with Crippen LogP contribution in [0.4, 0.5) is 0 Å². The van der Waals surface area contributed by atoms with Gasteiger partial charge >= 0.3 is 0 Å². The van der Waals surface area contributed by atoms with Crippen LogP contribution >= 0.6 is 0 Å². The number of carbonyl (C=O) groups excluding carboxylic acids is 2. The van der Waals surface area contributed by atoms with Gasteiger partial charge in [-0.1, -0.05) is 18.2 Å². The molecule has 0 aliphatic carbocycles. The third kappa shape index (κ3) is 5.57. The quantitative estimate of drug-likeness (QED) is 0.661. The summed E-state index contributed by atoms with van der Waals surface area (Å²) in [5, 5.41) is 9.58. The molecule has 0 bridgehead atoms. The first-order valence-electron chi connectivity index (χ1n) is 10.0. The first-order chi connectivity index (χ1) is 14.1. The molecule has 156 valence electrons. The van der Waals surface area contributed by atoms with E-state index in [1.165, 1.54) is 0 Å². The molecule has 0 saturated carbocycles. The Kier molecular flexibility index (Phi) is 7.24. The maximum Gasteiger partial charge on any atom is 0.237 e. The third-order valence-electron chi connectivity index (χ3n) is 5.17. The van der Waals surface area contributed by atoms with Gasteiger partial charge in [0.1, 0.15) is 5.75 Å². The lowest BCUT2D eigenvalue weighted by molar-refractivity contribution is -0.138. The number of likely N-dealkylation sites (N-methyl/N-ethyl adjacent to an activating group) is 1. The minimum Gasteiger partial charge on any atom is -0.494 e. The van der Waals surface area contributed by atoms with Gasteiger partial charge in [-0.3, -0.25) is 19.6 Å². The zero-order valence-corrected chi connectivity index (χ0v) is 17.1. The highest BCUT2D eigenvalue weighted by molar-refractivity contribution is 5.88. The highest BCUT2D eigenvalue weighted by Crippen LogP contribution is 2.22. The van der Waals surface area contributed by atoms with Gasteiger partial charge in [-0.2, -0.15) is 5.10 Å². The van der Waals surface area contributed by atoms with Gasteiger partial charge in [0.15, 0.2) is 0 Å². The molecule has 1 aliphatic heterocycles. The van der Waals surface area contributed by atoms with E-state index in [0.717, 1.165) is 23.3 Å². The standard InChI is InChI=1S/C21H29N5O3/c1-3-29-19-7-5-4-6-17(19)15-26-11-9-22-21(28)18(26)12-20(27)25(2)10-8-16-13-23-24-14-16/h4-7,13-14,18H,3,8-12,15H2,1-2H3,(H,22,28)(H,23,24). The summed E-state index contributed by atoms with van der Waals surface area (Å²) in [6.07, 6.45) is 4.46. The van der Waals surface area contributed by atoms with Gasteiger partial charge in [0.05, 0.1) is 25.3 Å². The predicted octanol–water partition coefficient (Wildman–Crippen LogP) is 1.20. The van der Waals surface area contributed by atoms with Crippen molar-refractivity contribution in [3.05, 3.63) is 47.8 Å². The molecule has 1 unspecified atom stereocenters.